The van der Waals surface area contributed by atoms with Crippen molar-refractivity contribution in [2.45, 2.75) is 38.1 Å². The Morgan fingerprint density at radius 1 is 1.37 bits per heavy atom. The van der Waals surface area contributed by atoms with Crippen molar-refractivity contribution in [2.24, 2.45) is 0 Å². The van der Waals surface area contributed by atoms with Crippen molar-refractivity contribution >= 4 is 5.82 Å². The number of aromatic nitrogens is 2. The first-order chi connectivity index (χ1) is 8.92. The maximum absolute atomic E-state index is 5.86. The van der Waals surface area contributed by atoms with E-state index in [9.17, 15) is 0 Å². The highest BCUT2D eigenvalue weighted by molar-refractivity contribution is 5.38. The predicted molar refractivity (Wildman–Crippen MR) is 76.8 cm³/mol. The molecular weight excluding hydrogens is 240 g/mol. The maximum atomic E-state index is 5.86. The molecule has 0 amide bonds. The van der Waals surface area contributed by atoms with Crippen molar-refractivity contribution in [1.82, 2.24) is 14.9 Å². The monoisotopic (exact) mass is 264 g/mol. The fourth-order valence-electron chi connectivity index (χ4n) is 1.55. The van der Waals surface area contributed by atoms with Gasteiger partial charge in [0.1, 0.15) is 18.2 Å². The average Bonchev–Trinajstić information content (AvgIpc) is 3.20. The van der Waals surface area contributed by atoms with Crippen molar-refractivity contribution in [2.75, 3.05) is 33.1 Å². The van der Waals surface area contributed by atoms with E-state index in [0.717, 1.165) is 11.6 Å². The van der Waals surface area contributed by atoms with Crippen LogP contribution < -0.4 is 10.1 Å². The zero-order valence-corrected chi connectivity index (χ0v) is 12.5. The molecule has 0 aromatic carbocycles. The Hall–Kier alpha value is -1.36. The van der Waals surface area contributed by atoms with Crippen LogP contribution in [0.4, 0.5) is 5.82 Å². The third-order valence-electron chi connectivity index (χ3n) is 3.70. The summed E-state index contributed by atoms with van der Waals surface area (Å²) in [4.78, 5) is 11.1. The van der Waals surface area contributed by atoms with Gasteiger partial charge in [-0.2, -0.15) is 4.98 Å². The molecule has 1 heterocycles. The molecule has 0 unspecified atom stereocenters. The second kappa shape index (κ2) is 5.33. The van der Waals surface area contributed by atoms with Crippen molar-refractivity contribution in [1.29, 1.82) is 0 Å². The SMILES string of the molecule is CNc1cc(OCC(C)(C)N(C)C)nc(C2CC2)n1. The molecule has 0 atom stereocenters. The van der Waals surface area contributed by atoms with Gasteiger partial charge in [-0.05, 0) is 40.8 Å². The Morgan fingerprint density at radius 3 is 2.58 bits per heavy atom. The van der Waals surface area contributed by atoms with Crippen molar-refractivity contribution in [3.63, 3.8) is 0 Å². The minimum atomic E-state index is -0.0233. The molecule has 5 nitrogen and oxygen atoms in total. The van der Waals surface area contributed by atoms with Gasteiger partial charge in [-0.3, -0.25) is 0 Å². The van der Waals surface area contributed by atoms with Gasteiger partial charge < -0.3 is 15.0 Å². The van der Waals surface area contributed by atoms with Crippen LogP contribution in [0.2, 0.25) is 0 Å². The largest absolute Gasteiger partial charge is 0.476 e. The normalized spacial score (nSPS) is 15.7. The quantitative estimate of drug-likeness (QED) is 0.853. The van der Waals surface area contributed by atoms with Crippen LogP contribution in [0.5, 0.6) is 5.88 Å². The lowest BCUT2D eigenvalue weighted by molar-refractivity contribution is 0.111. The fraction of sp³-hybridized carbons (Fsp3) is 0.714. The number of ether oxygens (including phenoxy) is 1. The predicted octanol–water partition coefficient (Wildman–Crippen LogP) is 2.11. The van der Waals surface area contributed by atoms with Crippen LogP contribution in [-0.4, -0.2) is 48.2 Å². The topological polar surface area (TPSA) is 50.3 Å². The zero-order valence-electron chi connectivity index (χ0n) is 12.5. The minimum absolute atomic E-state index is 0.0233. The van der Waals surface area contributed by atoms with Gasteiger partial charge in [0.05, 0.1) is 0 Å². The van der Waals surface area contributed by atoms with E-state index in [0.29, 0.717) is 18.4 Å². The van der Waals surface area contributed by atoms with Crippen LogP contribution in [0.15, 0.2) is 6.07 Å². The summed E-state index contributed by atoms with van der Waals surface area (Å²) < 4.78 is 5.86. The van der Waals surface area contributed by atoms with Crippen LogP contribution in [0.3, 0.4) is 0 Å². The highest BCUT2D eigenvalue weighted by Crippen LogP contribution is 2.39. The lowest BCUT2D eigenvalue weighted by atomic mass is 10.1. The number of anilines is 1. The van der Waals surface area contributed by atoms with Crippen molar-refractivity contribution < 1.29 is 4.74 Å². The molecule has 1 N–H and O–H groups in total. The molecular formula is C14H24N4O. The smallest absolute Gasteiger partial charge is 0.218 e. The molecule has 0 aliphatic heterocycles. The molecule has 1 saturated carbocycles. The number of hydrogen-bond donors (Lipinski definition) is 1. The number of likely N-dealkylation sites (N-methyl/N-ethyl adjacent to an activating group) is 1. The Balaban J connectivity index is 2.09. The van der Waals surface area contributed by atoms with Crippen LogP contribution in [0, 0.1) is 0 Å². The van der Waals surface area contributed by atoms with Gasteiger partial charge in [0.15, 0.2) is 0 Å². The van der Waals surface area contributed by atoms with Gasteiger partial charge >= 0.3 is 0 Å². The number of nitrogens with one attached hydrogen (secondary N) is 1. The van der Waals surface area contributed by atoms with Gasteiger partial charge in [-0.25, -0.2) is 4.98 Å². The van der Waals surface area contributed by atoms with Gasteiger partial charge in [0, 0.05) is 24.6 Å². The summed E-state index contributed by atoms with van der Waals surface area (Å²) in [7, 11) is 5.97. The molecule has 1 fully saturated rings. The Labute approximate surface area is 115 Å². The second-order valence-corrected chi connectivity index (χ2v) is 5.97. The highest BCUT2D eigenvalue weighted by atomic mass is 16.5. The van der Waals surface area contributed by atoms with Crippen LogP contribution >= 0.6 is 0 Å². The Bertz CT molecular complexity index is 441. The summed E-state index contributed by atoms with van der Waals surface area (Å²) >= 11 is 0. The summed E-state index contributed by atoms with van der Waals surface area (Å²) in [5.74, 6) is 2.92. The first-order valence-corrected chi connectivity index (χ1v) is 6.79. The van der Waals surface area contributed by atoms with E-state index in [4.69, 9.17) is 4.74 Å². The van der Waals surface area contributed by atoms with E-state index in [1.165, 1.54) is 12.8 Å². The van der Waals surface area contributed by atoms with Gasteiger partial charge in [0.25, 0.3) is 0 Å². The van der Waals surface area contributed by atoms with Crippen molar-refractivity contribution in [3.8, 4) is 5.88 Å². The van der Waals surface area contributed by atoms with Crippen LogP contribution in [-0.2, 0) is 0 Å². The van der Waals surface area contributed by atoms with E-state index in [2.05, 4.69) is 48.1 Å². The molecule has 0 bridgehead atoms. The minimum Gasteiger partial charge on any atom is -0.476 e. The van der Waals surface area contributed by atoms with E-state index in [-0.39, 0.29) is 5.54 Å². The molecule has 0 radical (unpaired) electrons. The lowest BCUT2D eigenvalue weighted by Crippen LogP contribution is -2.43. The molecule has 2 rings (SSSR count). The molecule has 19 heavy (non-hydrogen) atoms. The third kappa shape index (κ3) is 3.56. The van der Waals surface area contributed by atoms with Crippen LogP contribution in [0.25, 0.3) is 0 Å². The Morgan fingerprint density at radius 2 is 2.05 bits per heavy atom. The van der Waals surface area contributed by atoms with E-state index in [1.807, 2.05) is 13.1 Å². The summed E-state index contributed by atoms with van der Waals surface area (Å²) in [6, 6.07) is 1.86. The molecule has 5 heteroatoms. The number of rotatable bonds is 6. The van der Waals surface area contributed by atoms with Gasteiger partial charge in [-0.1, -0.05) is 0 Å². The fourth-order valence-corrected chi connectivity index (χ4v) is 1.55. The molecule has 0 saturated heterocycles. The molecule has 1 aliphatic carbocycles. The zero-order chi connectivity index (χ0) is 14.0. The number of hydrogen-bond acceptors (Lipinski definition) is 5. The summed E-state index contributed by atoms with van der Waals surface area (Å²) in [6.45, 7) is 4.90. The maximum Gasteiger partial charge on any atom is 0.218 e. The molecule has 106 valence electrons. The number of nitrogens with zero attached hydrogens (tertiary/aromatic N) is 3. The standard InChI is InChI=1S/C14H24N4O/c1-14(2,18(4)5)9-19-12-8-11(15-3)16-13(17-12)10-6-7-10/h8,10H,6-7,9H2,1-5H3,(H,15,16,17). The summed E-state index contributed by atoms with van der Waals surface area (Å²) in [5.41, 5.74) is -0.0233. The van der Waals surface area contributed by atoms with E-state index in [1.54, 1.807) is 0 Å². The summed E-state index contributed by atoms with van der Waals surface area (Å²) in [6.07, 6.45) is 2.38. The summed E-state index contributed by atoms with van der Waals surface area (Å²) in [5, 5.41) is 3.07. The lowest BCUT2D eigenvalue weighted by Gasteiger charge is -2.31. The van der Waals surface area contributed by atoms with Crippen molar-refractivity contribution in [3.05, 3.63) is 11.9 Å². The molecule has 0 spiro atoms. The van der Waals surface area contributed by atoms with E-state index < -0.39 is 0 Å². The Kier molecular flexibility index (Phi) is 3.94. The average molecular weight is 264 g/mol. The van der Waals surface area contributed by atoms with Gasteiger partial charge in [0.2, 0.25) is 5.88 Å². The van der Waals surface area contributed by atoms with Gasteiger partial charge in [-0.15, -0.1) is 0 Å². The molecule has 1 aliphatic rings. The highest BCUT2D eigenvalue weighted by Gasteiger charge is 2.28. The van der Waals surface area contributed by atoms with E-state index >= 15 is 0 Å². The molecule has 1 aromatic rings. The first-order valence-electron chi connectivity index (χ1n) is 6.79. The second-order valence-electron chi connectivity index (χ2n) is 5.97. The molecule has 1 aromatic heterocycles. The van der Waals surface area contributed by atoms with Crippen LogP contribution in [0.1, 0.15) is 38.4 Å². The first kappa shape index (κ1) is 14.1. The third-order valence-corrected chi connectivity index (χ3v) is 3.70.